The molecule has 72 heavy (non-hydrogen) atoms. The van der Waals surface area contributed by atoms with Crippen molar-refractivity contribution in [1.29, 1.82) is 0 Å². The number of para-hydroxylation sites is 2. The molecule has 13 rings (SSSR count). The normalized spacial score (nSPS) is 19.2. The van der Waals surface area contributed by atoms with Gasteiger partial charge in [0.25, 0.3) is 6.71 Å². The van der Waals surface area contributed by atoms with Crippen LogP contribution in [0.3, 0.4) is 0 Å². The molecule has 3 nitrogen and oxygen atoms in total. The summed E-state index contributed by atoms with van der Waals surface area (Å²) in [7, 11) is 0. The first-order valence-electron chi connectivity index (χ1n) is 28.0. The highest BCUT2D eigenvalue weighted by atomic mass is 15.2. The molecule has 8 aromatic rings. The molecule has 358 valence electrons. The first-order valence-corrected chi connectivity index (χ1v) is 26.5. The zero-order valence-corrected chi connectivity index (χ0v) is 43.8. The number of aryl methyl sites for hydroxylation is 1. The van der Waals surface area contributed by atoms with Crippen LogP contribution < -0.4 is 31.1 Å². The molecule has 0 spiro atoms. The Morgan fingerprint density at radius 2 is 0.903 bits per heavy atom. The Bertz CT molecular complexity index is 3620. The summed E-state index contributed by atoms with van der Waals surface area (Å²) in [6.45, 7) is 21.3. The molecule has 0 fully saturated rings. The molecule has 0 aromatic heterocycles. The van der Waals surface area contributed by atoms with E-state index in [1.165, 1.54) is 55.4 Å². The van der Waals surface area contributed by atoms with E-state index < -0.39 is 6.85 Å². The molecule has 5 aliphatic rings. The minimum atomic E-state index is -2.40. The summed E-state index contributed by atoms with van der Waals surface area (Å²) in [5.41, 5.74) is 23.5. The smallest absolute Gasteiger partial charge is 0.252 e. The van der Waals surface area contributed by atoms with Gasteiger partial charge in [-0.3, -0.25) is 0 Å². The fourth-order valence-electron chi connectivity index (χ4n) is 13.9. The summed E-state index contributed by atoms with van der Waals surface area (Å²) >= 11 is 0. The average molecular weight is 941 g/mol. The third kappa shape index (κ3) is 6.56. The van der Waals surface area contributed by atoms with Crippen molar-refractivity contribution in [2.45, 2.75) is 129 Å². The van der Waals surface area contributed by atoms with Crippen molar-refractivity contribution in [2.24, 2.45) is 0 Å². The van der Waals surface area contributed by atoms with Crippen LogP contribution in [0.5, 0.6) is 0 Å². The van der Waals surface area contributed by atoms with Crippen molar-refractivity contribution in [3.63, 3.8) is 0 Å². The predicted molar refractivity (Wildman–Crippen MR) is 308 cm³/mol. The second-order valence-electron chi connectivity index (χ2n) is 24.9. The third-order valence-corrected chi connectivity index (χ3v) is 18.2. The van der Waals surface area contributed by atoms with E-state index in [9.17, 15) is 4.11 Å². The Morgan fingerprint density at radius 3 is 1.51 bits per heavy atom. The average Bonchev–Trinajstić information content (AvgIpc) is 3.65. The second-order valence-corrected chi connectivity index (χ2v) is 24.9. The number of anilines is 9. The van der Waals surface area contributed by atoms with E-state index in [2.05, 4.69) is 236 Å². The molecular weight excluding hydrogens is 870 g/mol. The van der Waals surface area contributed by atoms with Crippen LogP contribution >= 0.6 is 0 Å². The number of hydrogen-bond acceptors (Lipinski definition) is 3. The Labute approximate surface area is 433 Å². The Hall–Kier alpha value is -6.78. The lowest BCUT2D eigenvalue weighted by Crippen LogP contribution is -2.62. The summed E-state index contributed by atoms with van der Waals surface area (Å²) in [5, 5.41) is 0. The topological polar surface area (TPSA) is 9.72 Å². The SMILES string of the molecule is [2H]C([2H])([2H])c1cc2c3c(c1)N(c1ccc4c(c1)C(C)(C)CCC4(C)C)c1cc4c(cc1B3c1ccc(N(c3ccccc3)c3ccccc3)cc1N2c1ccc2c(c1)-c1ccccc1C2(C)C)C(C)(C)CCC4(C)C. The maximum atomic E-state index is 9.30. The van der Waals surface area contributed by atoms with Gasteiger partial charge in [0.2, 0.25) is 0 Å². The van der Waals surface area contributed by atoms with Crippen molar-refractivity contribution >= 4 is 74.3 Å². The zero-order valence-electron chi connectivity index (χ0n) is 46.8. The molecular formula is C68H68BN3. The summed E-state index contributed by atoms with van der Waals surface area (Å²) in [6, 6.07) is 60.5. The van der Waals surface area contributed by atoms with E-state index in [1.54, 1.807) is 0 Å². The van der Waals surface area contributed by atoms with Crippen molar-refractivity contribution in [3.05, 3.63) is 203 Å². The summed E-state index contributed by atoms with van der Waals surface area (Å²) in [4.78, 5) is 7.23. The highest BCUT2D eigenvalue weighted by molar-refractivity contribution is 7.00. The summed E-state index contributed by atoms with van der Waals surface area (Å²) in [5.74, 6) is 0. The van der Waals surface area contributed by atoms with Gasteiger partial charge in [0, 0.05) is 60.7 Å². The molecule has 2 heterocycles. The van der Waals surface area contributed by atoms with Crippen LogP contribution in [-0.4, -0.2) is 6.71 Å². The molecule has 0 amide bonds. The Kier molecular flexibility index (Phi) is 8.93. The molecule has 4 heteroatoms. The van der Waals surface area contributed by atoms with Gasteiger partial charge in [0.05, 0.1) is 0 Å². The fourth-order valence-corrected chi connectivity index (χ4v) is 13.9. The van der Waals surface area contributed by atoms with Gasteiger partial charge in [-0.25, -0.2) is 0 Å². The minimum absolute atomic E-state index is 0.0363. The van der Waals surface area contributed by atoms with Crippen LogP contribution in [0, 0.1) is 6.85 Å². The van der Waals surface area contributed by atoms with Crippen molar-refractivity contribution in [3.8, 4) is 11.1 Å². The molecule has 2 aliphatic heterocycles. The minimum Gasteiger partial charge on any atom is -0.311 e. The number of benzene rings is 8. The second kappa shape index (κ2) is 15.4. The quantitative estimate of drug-likeness (QED) is 0.159. The van der Waals surface area contributed by atoms with Crippen molar-refractivity contribution < 1.29 is 4.11 Å². The number of nitrogens with zero attached hydrogens (tertiary/aromatic N) is 3. The molecule has 0 bridgehead atoms. The third-order valence-electron chi connectivity index (χ3n) is 18.2. The van der Waals surface area contributed by atoms with Gasteiger partial charge in [-0.2, -0.15) is 0 Å². The van der Waals surface area contributed by atoms with Crippen LogP contribution in [0.15, 0.2) is 164 Å². The molecule has 0 unspecified atom stereocenters. The predicted octanol–water partition coefficient (Wildman–Crippen LogP) is 16.6. The van der Waals surface area contributed by atoms with E-state index in [0.29, 0.717) is 5.56 Å². The van der Waals surface area contributed by atoms with E-state index >= 15 is 0 Å². The van der Waals surface area contributed by atoms with Crippen molar-refractivity contribution in [1.82, 2.24) is 0 Å². The first-order chi connectivity index (χ1) is 35.5. The van der Waals surface area contributed by atoms with Crippen molar-refractivity contribution in [2.75, 3.05) is 14.7 Å². The van der Waals surface area contributed by atoms with E-state index in [-0.39, 0.29) is 33.8 Å². The van der Waals surface area contributed by atoms with Crippen LogP contribution in [0.4, 0.5) is 51.2 Å². The van der Waals surface area contributed by atoms with Gasteiger partial charge >= 0.3 is 0 Å². The number of rotatable bonds is 5. The van der Waals surface area contributed by atoms with Gasteiger partial charge in [-0.1, -0.05) is 154 Å². The lowest BCUT2D eigenvalue weighted by atomic mass is 9.33. The van der Waals surface area contributed by atoms with E-state index in [4.69, 9.17) is 0 Å². The molecule has 0 atom stereocenters. The molecule has 8 aromatic carbocycles. The Balaban J connectivity index is 1.15. The molecule has 0 N–H and O–H groups in total. The lowest BCUT2D eigenvalue weighted by Gasteiger charge is -2.48. The monoisotopic (exact) mass is 941 g/mol. The van der Waals surface area contributed by atoms with Gasteiger partial charge in [-0.05, 0) is 200 Å². The van der Waals surface area contributed by atoms with Crippen LogP contribution in [0.2, 0.25) is 0 Å². The van der Waals surface area contributed by atoms with E-state index in [1.807, 2.05) is 12.1 Å². The van der Waals surface area contributed by atoms with Gasteiger partial charge < -0.3 is 14.7 Å². The molecule has 3 aliphatic carbocycles. The van der Waals surface area contributed by atoms with Gasteiger partial charge in [0.1, 0.15) is 0 Å². The van der Waals surface area contributed by atoms with Gasteiger partial charge in [-0.15, -0.1) is 0 Å². The molecule has 0 radical (unpaired) electrons. The van der Waals surface area contributed by atoms with Crippen LogP contribution in [-0.2, 0) is 27.1 Å². The molecule has 0 saturated heterocycles. The van der Waals surface area contributed by atoms with Crippen LogP contribution in [0.1, 0.15) is 138 Å². The van der Waals surface area contributed by atoms with Gasteiger partial charge in [0.15, 0.2) is 0 Å². The Morgan fingerprint density at radius 1 is 0.403 bits per heavy atom. The summed E-state index contributed by atoms with van der Waals surface area (Å²) in [6.07, 6.45) is 4.41. The zero-order chi connectivity index (χ0) is 52.4. The van der Waals surface area contributed by atoms with E-state index in [0.717, 1.165) is 82.3 Å². The largest absolute Gasteiger partial charge is 0.311 e. The standard InChI is InChI=1S/C68H68BN3/c1-43-36-61-63-62(37-43)72(47-27-30-53-54(39-47)65(4,5)33-32-64(53,2)3)60-42-56-55(66(6,7)34-35-67(56,8)9)41-58(60)69(63)57-31-28-48(70(44-20-14-12-15-21-44)45-22-16-13-17-23-45)40-59(57)71(61)46-26-29-52-50(38-46)49-24-18-19-25-51(49)68(52,10)11/h12-31,36-42H,32-35H2,1-11H3/i1D3. The maximum Gasteiger partial charge on any atom is 0.252 e. The molecule has 0 saturated carbocycles. The highest BCUT2D eigenvalue weighted by Crippen LogP contribution is 2.55. The highest BCUT2D eigenvalue weighted by Gasteiger charge is 2.48. The lowest BCUT2D eigenvalue weighted by molar-refractivity contribution is 0.332. The maximum absolute atomic E-state index is 9.30. The fraction of sp³-hybridized carbons (Fsp3) is 0.294. The number of hydrogen-bond donors (Lipinski definition) is 0. The number of fused-ring (bicyclic) bond motifs is 9. The summed E-state index contributed by atoms with van der Waals surface area (Å²) < 4.78 is 27.9. The first kappa shape index (κ1) is 41.8. The van der Waals surface area contributed by atoms with Crippen LogP contribution in [0.25, 0.3) is 11.1 Å².